The molecule has 0 aliphatic heterocycles. The van der Waals surface area contributed by atoms with Crippen molar-refractivity contribution >= 4 is 5.69 Å². The Hall–Kier alpha value is -2.61. The lowest BCUT2D eigenvalue weighted by Crippen LogP contribution is -2.01. The predicted molar refractivity (Wildman–Crippen MR) is 63.1 cm³/mol. The van der Waals surface area contributed by atoms with Gasteiger partial charge in [-0.1, -0.05) is 6.07 Å². The lowest BCUT2D eigenvalue weighted by molar-refractivity contribution is -0.385. The highest BCUT2D eigenvalue weighted by Crippen LogP contribution is 2.32. The van der Waals surface area contributed by atoms with Gasteiger partial charge in [0.1, 0.15) is 0 Å². The fourth-order valence-electron chi connectivity index (χ4n) is 1.33. The van der Waals surface area contributed by atoms with Gasteiger partial charge < -0.3 is 10.5 Å². The van der Waals surface area contributed by atoms with E-state index in [1.54, 1.807) is 0 Å². The van der Waals surface area contributed by atoms with Crippen LogP contribution in [0.25, 0.3) is 0 Å². The highest BCUT2D eigenvalue weighted by molar-refractivity contribution is 5.48. The zero-order valence-corrected chi connectivity index (χ0v) is 9.62. The first-order valence-corrected chi connectivity index (χ1v) is 5.23. The van der Waals surface area contributed by atoms with Gasteiger partial charge in [0.15, 0.2) is 5.82 Å². The molecule has 0 atom stereocenters. The van der Waals surface area contributed by atoms with Crippen LogP contribution in [0.4, 0.5) is 10.1 Å². The third-order valence-electron chi connectivity index (χ3n) is 2.25. The number of nitro groups is 1. The number of nitrogens with two attached hydrogens (primary N) is 1. The van der Waals surface area contributed by atoms with Crippen LogP contribution >= 0.6 is 0 Å². The number of benzene rings is 1. The lowest BCUT2D eigenvalue weighted by atomic mass is 10.3. The van der Waals surface area contributed by atoms with Gasteiger partial charge in [-0.2, -0.15) is 0 Å². The summed E-state index contributed by atoms with van der Waals surface area (Å²) >= 11 is 0. The van der Waals surface area contributed by atoms with Gasteiger partial charge in [-0.15, -0.1) is 0 Å². The third kappa shape index (κ3) is 2.80. The molecular formula is C11H9FN4O3. The normalized spacial score (nSPS) is 10.2. The summed E-state index contributed by atoms with van der Waals surface area (Å²) in [4.78, 5) is 17.6. The molecule has 0 saturated heterocycles. The molecule has 0 aliphatic rings. The first-order chi connectivity index (χ1) is 9.11. The first kappa shape index (κ1) is 12.8. The zero-order valence-electron chi connectivity index (χ0n) is 9.62. The molecule has 0 amide bonds. The average molecular weight is 264 g/mol. The van der Waals surface area contributed by atoms with Gasteiger partial charge >= 0.3 is 11.7 Å². The Kier molecular flexibility index (Phi) is 3.62. The molecule has 7 nitrogen and oxygen atoms in total. The van der Waals surface area contributed by atoms with Crippen LogP contribution in [0.15, 0.2) is 30.6 Å². The molecule has 0 aliphatic carbocycles. The van der Waals surface area contributed by atoms with Crippen LogP contribution < -0.4 is 10.5 Å². The molecule has 0 unspecified atom stereocenters. The molecule has 0 saturated carbocycles. The van der Waals surface area contributed by atoms with E-state index < -0.39 is 22.2 Å². The SMILES string of the molecule is NCc1cnc(Oc2c(F)cccc2[N+](=O)[O-])nc1. The second-order valence-corrected chi connectivity index (χ2v) is 3.53. The number of nitro benzene ring substituents is 1. The first-order valence-electron chi connectivity index (χ1n) is 5.23. The van der Waals surface area contributed by atoms with Crippen LogP contribution in [-0.4, -0.2) is 14.9 Å². The van der Waals surface area contributed by atoms with E-state index in [9.17, 15) is 14.5 Å². The van der Waals surface area contributed by atoms with Crippen molar-refractivity contribution in [1.82, 2.24) is 9.97 Å². The summed E-state index contributed by atoms with van der Waals surface area (Å²) in [5.74, 6) is -1.38. The minimum absolute atomic E-state index is 0.189. The maximum Gasteiger partial charge on any atom is 0.322 e. The van der Waals surface area contributed by atoms with Crippen molar-refractivity contribution in [3.05, 3.63) is 52.1 Å². The molecule has 98 valence electrons. The van der Waals surface area contributed by atoms with Gasteiger partial charge in [0.25, 0.3) is 0 Å². The van der Waals surface area contributed by atoms with Crippen molar-refractivity contribution in [2.45, 2.75) is 6.54 Å². The van der Waals surface area contributed by atoms with E-state index in [-0.39, 0.29) is 12.6 Å². The zero-order chi connectivity index (χ0) is 13.8. The van der Waals surface area contributed by atoms with Crippen LogP contribution in [-0.2, 0) is 6.54 Å². The van der Waals surface area contributed by atoms with E-state index in [0.29, 0.717) is 5.56 Å². The smallest absolute Gasteiger partial charge is 0.322 e. The molecule has 8 heteroatoms. The van der Waals surface area contributed by atoms with Crippen LogP contribution in [0.5, 0.6) is 11.8 Å². The summed E-state index contributed by atoms with van der Waals surface area (Å²) in [6.45, 7) is 0.250. The summed E-state index contributed by atoms with van der Waals surface area (Å²) in [5, 5.41) is 10.8. The molecule has 0 radical (unpaired) electrons. The molecule has 1 aromatic heterocycles. The number of aromatic nitrogens is 2. The number of hydrogen-bond donors (Lipinski definition) is 1. The largest absolute Gasteiger partial charge is 0.414 e. The number of para-hydroxylation sites is 1. The Balaban J connectivity index is 2.34. The molecule has 0 fully saturated rings. The Morgan fingerprint density at radius 2 is 2.05 bits per heavy atom. The molecule has 1 heterocycles. The molecule has 19 heavy (non-hydrogen) atoms. The third-order valence-corrected chi connectivity index (χ3v) is 2.25. The standard InChI is InChI=1S/C11H9FN4O3/c12-8-2-1-3-9(16(17)18)10(8)19-11-14-5-7(4-13)6-15-11/h1-3,5-6H,4,13H2. The molecule has 2 rings (SSSR count). The van der Waals surface area contributed by atoms with E-state index >= 15 is 0 Å². The summed E-state index contributed by atoms with van der Waals surface area (Å²) in [6, 6.07) is 3.22. The topological polar surface area (TPSA) is 104 Å². The predicted octanol–water partition coefficient (Wildman–Crippen LogP) is 1.77. The number of hydrogen-bond acceptors (Lipinski definition) is 6. The van der Waals surface area contributed by atoms with E-state index in [1.807, 2.05) is 0 Å². The van der Waals surface area contributed by atoms with Crippen LogP contribution in [0.1, 0.15) is 5.56 Å². The average Bonchev–Trinajstić information content (AvgIpc) is 2.41. The maximum absolute atomic E-state index is 13.5. The number of rotatable bonds is 4. The molecule has 0 bridgehead atoms. The Morgan fingerprint density at radius 1 is 1.37 bits per heavy atom. The summed E-state index contributed by atoms with van der Waals surface area (Å²) in [7, 11) is 0. The molecule has 0 spiro atoms. The van der Waals surface area contributed by atoms with Crippen LogP contribution in [0.3, 0.4) is 0 Å². The van der Waals surface area contributed by atoms with Crippen molar-refractivity contribution in [3.8, 4) is 11.8 Å². The summed E-state index contributed by atoms with van der Waals surface area (Å²) in [5.41, 5.74) is 5.54. The van der Waals surface area contributed by atoms with Crippen molar-refractivity contribution in [2.75, 3.05) is 0 Å². The highest BCUT2D eigenvalue weighted by atomic mass is 19.1. The molecule has 2 N–H and O–H groups in total. The van der Waals surface area contributed by atoms with Gasteiger partial charge in [0.2, 0.25) is 5.75 Å². The van der Waals surface area contributed by atoms with Gasteiger partial charge in [-0.25, -0.2) is 14.4 Å². The number of halogens is 1. The fraction of sp³-hybridized carbons (Fsp3) is 0.0909. The highest BCUT2D eigenvalue weighted by Gasteiger charge is 2.20. The fourth-order valence-corrected chi connectivity index (χ4v) is 1.33. The van der Waals surface area contributed by atoms with Gasteiger partial charge in [-0.05, 0) is 6.07 Å². The Labute approximate surface area is 107 Å². The van der Waals surface area contributed by atoms with Crippen molar-refractivity contribution < 1.29 is 14.1 Å². The van der Waals surface area contributed by atoms with Crippen molar-refractivity contribution in [3.63, 3.8) is 0 Å². The Bertz CT molecular complexity index is 603. The van der Waals surface area contributed by atoms with Gasteiger partial charge in [-0.3, -0.25) is 10.1 Å². The van der Waals surface area contributed by atoms with Gasteiger partial charge in [0.05, 0.1) is 4.92 Å². The second kappa shape index (κ2) is 5.36. The monoisotopic (exact) mass is 264 g/mol. The maximum atomic E-state index is 13.5. The van der Waals surface area contributed by atoms with E-state index in [0.717, 1.165) is 12.1 Å². The second-order valence-electron chi connectivity index (χ2n) is 3.53. The lowest BCUT2D eigenvalue weighted by Gasteiger charge is -2.05. The molecule has 2 aromatic rings. The molecular weight excluding hydrogens is 255 g/mol. The number of nitrogens with zero attached hydrogens (tertiary/aromatic N) is 3. The minimum Gasteiger partial charge on any atom is -0.414 e. The van der Waals surface area contributed by atoms with E-state index in [1.165, 1.54) is 18.5 Å². The number of ether oxygens (including phenoxy) is 1. The molecule has 1 aromatic carbocycles. The summed E-state index contributed by atoms with van der Waals surface area (Å²) in [6.07, 6.45) is 2.80. The Morgan fingerprint density at radius 3 is 2.63 bits per heavy atom. The van der Waals surface area contributed by atoms with E-state index in [2.05, 4.69) is 9.97 Å². The van der Waals surface area contributed by atoms with Crippen LogP contribution in [0, 0.1) is 15.9 Å². The minimum atomic E-state index is -0.860. The van der Waals surface area contributed by atoms with E-state index in [4.69, 9.17) is 10.5 Å². The summed E-state index contributed by atoms with van der Waals surface area (Å²) < 4.78 is 18.6. The van der Waals surface area contributed by atoms with Crippen molar-refractivity contribution in [2.24, 2.45) is 5.73 Å². The quantitative estimate of drug-likeness (QED) is 0.666. The van der Waals surface area contributed by atoms with Gasteiger partial charge in [0, 0.05) is 30.6 Å². The van der Waals surface area contributed by atoms with Crippen molar-refractivity contribution in [1.29, 1.82) is 0 Å². The van der Waals surface area contributed by atoms with Crippen LogP contribution in [0.2, 0.25) is 0 Å².